The Kier molecular flexibility index (Phi) is 5.26. The number of unbranched alkanes of at least 4 members (excludes halogenated alkanes) is 1. The summed E-state index contributed by atoms with van der Waals surface area (Å²) in [6.45, 7) is 9.17. The number of benzene rings is 2. The van der Waals surface area contributed by atoms with E-state index in [2.05, 4.69) is 82.1 Å². The minimum Gasteiger partial charge on any atom is -0.369 e. The van der Waals surface area contributed by atoms with Crippen LogP contribution in [-0.2, 0) is 6.54 Å². The first kappa shape index (κ1) is 17.2. The second kappa shape index (κ2) is 7.96. The number of rotatable bonds is 6. The van der Waals surface area contributed by atoms with Crippen LogP contribution < -0.4 is 4.90 Å². The van der Waals surface area contributed by atoms with Crippen molar-refractivity contribution in [3.63, 3.8) is 0 Å². The van der Waals surface area contributed by atoms with Gasteiger partial charge in [0.05, 0.1) is 0 Å². The number of hydrogen-bond donors (Lipinski definition) is 0. The topological polar surface area (TPSA) is 11.4 Å². The predicted octanol–water partition coefficient (Wildman–Crippen LogP) is 4.55. The van der Waals surface area contributed by atoms with Crippen LogP contribution in [-0.4, -0.2) is 42.2 Å². The van der Waals surface area contributed by atoms with E-state index in [9.17, 15) is 0 Å². The predicted molar refractivity (Wildman–Crippen MR) is 111 cm³/mol. The van der Waals surface area contributed by atoms with Gasteiger partial charge in [-0.3, -0.25) is 4.90 Å². The summed E-state index contributed by atoms with van der Waals surface area (Å²) >= 11 is 0. The molecule has 0 bridgehead atoms. The number of aromatic nitrogens is 1. The van der Waals surface area contributed by atoms with E-state index in [-0.39, 0.29) is 0 Å². The van der Waals surface area contributed by atoms with Gasteiger partial charge in [-0.1, -0.05) is 30.3 Å². The standard InChI is InChI=1S/C23H29N3/c1-20-7-6-9-22(19-20)25-17-15-24(16-18-25)12-4-5-13-26-14-11-21-8-2-3-10-23(21)26/h2-3,6-11,14,19H,4-5,12-13,15-18H2,1H3. The summed E-state index contributed by atoms with van der Waals surface area (Å²) in [4.78, 5) is 5.15. The minimum absolute atomic E-state index is 1.12. The highest BCUT2D eigenvalue weighted by molar-refractivity contribution is 5.79. The fraction of sp³-hybridized carbons (Fsp3) is 0.391. The zero-order valence-corrected chi connectivity index (χ0v) is 15.8. The van der Waals surface area contributed by atoms with Crippen molar-refractivity contribution in [1.29, 1.82) is 0 Å². The molecule has 0 spiro atoms. The van der Waals surface area contributed by atoms with Gasteiger partial charge in [-0.2, -0.15) is 0 Å². The van der Waals surface area contributed by atoms with E-state index in [0.717, 1.165) is 19.6 Å². The Morgan fingerprint density at radius 2 is 1.62 bits per heavy atom. The molecule has 2 aromatic carbocycles. The highest BCUT2D eigenvalue weighted by atomic mass is 15.3. The summed E-state index contributed by atoms with van der Waals surface area (Å²) in [7, 11) is 0. The number of nitrogens with zero attached hydrogens (tertiary/aromatic N) is 3. The van der Waals surface area contributed by atoms with Gasteiger partial charge in [0, 0.05) is 50.1 Å². The molecule has 1 aromatic heterocycles. The Morgan fingerprint density at radius 1 is 0.808 bits per heavy atom. The first-order chi connectivity index (χ1) is 12.8. The lowest BCUT2D eigenvalue weighted by molar-refractivity contribution is 0.251. The fourth-order valence-electron chi connectivity index (χ4n) is 4.01. The van der Waals surface area contributed by atoms with E-state index in [1.54, 1.807) is 0 Å². The molecule has 0 saturated carbocycles. The van der Waals surface area contributed by atoms with Crippen LogP contribution in [0.1, 0.15) is 18.4 Å². The van der Waals surface area contributed by atoms with Crippen LogP contribution in [0.2, 0.25) is 0 Å². The van der Waals surface area contributed by atoms with Gasteiger partial charge in [0.1, 0.15) is 0 Å². The van der Waals surface area contributed by atoms with Gasteiger partial charge in [0.15, 0.2) is 0 Å². The molecule has 0 aliphatic carbocycles. The zero-order chi connectivity index (χ0) is 17.8. The van der Waals surface area contributed by atoms with Crippen molar-refractivity contribution in [1.82, 2.24) is 9.47 Å². The third-order valence-corrected chi connectivity index (χ3v) is 5.54. The number of hydrogen-bond acceptors (Lipinski definition) is 2. The van der Waals surface area contributed by atoms with E-state index in [1.807, 2.05) is 0 Å². The third-order valence-electron chi connectivity index (χ3n) is 5.54. The molecule has 0 atom stereocenters. The normalized spacial score (nSPS) is 15.7. The Hall–Kier alpha value is -2.26. The average molecular weight is 348 g/mol. The number of aryl methyl sites for hydroxylation is 2. The number of para-hydroxylation sites is 1. The Bertz CT molecular complexity index is 843. The van der Waals surface area contributed by atoms with Gasteiger partial charge < -0.3 is 9.47 Å². The molecular formula is C23H29N3. The quantitative estimate of drug-likeness (QED) is 0.606. The molecule has 1 saturated heterocycles. The first-order valence-corrected chi connectivity index (χ1v) is 9.87. The molecule has 136 valence electrons. The lowest BCUT2D eigenvalue weighted by Crippen LogP contribution is -2.46. The highest BCUT2D eigenvalue weighted by Crippen LogP contribution is 2.18. The molecule has 1 aliphatic heterocycles. The Labute approximate surface area is 156 Å². The molecule has 0 unspecified atom stereocenters. The molecular weight excluding hydrogens is 318 g/mol. The lowest BCUT2D eigenvalue weighted by atomic mass is 10.2. The first-order valence-electron chi connectivity index (χ1n) is 9.87. The molecule has 0 radical (unpaired) electrons. The largest absolute Gasteiger partial charge is 0.369 e. The van der Waals surface area contributed by atoms with E-state index in [4.69, 9.17) is 0 Å². The minimum atomic E-state index is 1.12. The maximum absolute atomic E-state index is 2.63. The van der Waals surface area contributed by atoms with Gasteiger partial charge in [-0.25, -0.2) is 0 Å². The number of anilines is 1. The maximum atomic E-state index is 2.63. The number of piperazine rings is 1. The summed E-state index contributed by atoms with van der Waals surface area (Å²) in [5.74, 6) is 0. The summed E-state index contributed by atoms with van der Waals surface area (Å²) in [6, 6.07) is 19.8. The molecule has 1 aliphatic rings. The highest BCUT2D eigenvalue weighted by Gasteiger charge is 2.16. The van der Waals surface area contributed by atoms with Crippen molar-refractivity contribution in [3.8, 4) is 0 Å². The van der Waals surface area contributed by atoms with Gasteiger partial charge in [-0.15, -0.1) is 0 Å². The van der Waals surface area contributed by atoms with Crippen LogP contribution in [0.15, 0.2) is 60.8 Å². The molecule has 3 aromatic rings. The molecule has 3 heteroatoms. The molecule has 26 heavy (non-hydrogen) atoms. The summed E-state index contributed by atoms with van der Waals surface area (Å²) in [5, 5.41) is 1.35. The smallest absolute Gasteiger partial charge is 0.0480 e. The van der Waals surface area contributed by atoms with Crippen molar-refractivity contribution in [2.75, 3.05) is 37.6 Å². The molecule has 2 heterocycles. The van der Waals surface area contributed by atoms with Crippen molar-refractivity contribution >= 4 is 16.6 Å². The van der Waals surface area contributed by atoms with E-state index in [1.165, 1.54) is 54.6 Å². The average Bonchev–Trinajstić information content (AvgIpc) is 3.09. The molecule has 3 nitrogen and oxygen atoms in total. The van der Waals surface area contributed by atoms with Gasteiger partial charge >= 0.3 is 0 Å². The Balaban J connectivity index is 1.20. The van der Waals surface area contributed by atoms with Crippen LogP contribution in [0.3, 0.4) is 0 Å². The molecule has 0 N–H and O–H groups in total. The summed E-state index contributed by atoms with van der Waals surface area (Å²) < 4.78 is 2.39. The SMILES string of the molecule is Cc1cccc(N2CCN(CCCCn3ccc4ccccc43)CC2)c1. The van der Waals surface area contributed by atoms with Crippen molar-refractivity contribution in [2.45, 2.75) is 26.3 Å². The monoisotopic (exact) mass is 347 g/mol. The van der Waals surface area contributed by atoms with Crippen LogP contribution in [0.5, 0.6) is 0 Å². The number of fused-ring (bicyclic) bond motifs is 1. The zero-order valence-electron chi connectivity index (χ0n) is 15.8. The maximum Gasteiger partial charge on any atom is 0.0480 e. The van der Waals surface area contributed by atoms with Crippen molar-refractivity contribution < 1.29 is 0 Å². The third kappa shape index (κ3) is 3.94. The fourth-order valence-corrected chi connectivity index (χ4v) is 4.01. The van der Waals surface area contributed by atoms with Crippen LogP contribution in [0.4, 0.5) is 5.69 Å². The van der Waals surface area contributed by atoms with Crippen LogP contribution in [0, 0.1) is 6.92 Å². The summed E-state index contributed by atoms with van der Waals surface area (Å²) in [6.07, 6.45) is 4.75. The second-order valence-corrected chi connectivity index (χ2v) is 7.44. The molecule has 4 rings (SSSR count). The van der Waals surface area contributed by atoms with E-state index in [0.29, 0.717) is 0 Å². The van der Waals surface area contributed by atoms with Gasteiger partial charge in [0.25, 0.3) is 0 Å². The lowest BCUT2D eigenvalue weighted by Gasteiger charge is -2.36. The summed E-state index contributed by atoms with van der Waals surface area (Å²) in [5.41, 5.74) is 4.09. The second-order valence-electron chi connectivity index (χ2n) is 7.44. The van der Waals surface area contributed by atoms with Crippen molar-refractivity contribution in [3.05, 3.63) is 66.4 Å². The van der Waals surface area contributed by atoms with Crippen LogP contribution in [0.25, 0.3) is 10.9 Å². The molecule has 1 fully saturated rings. The Morgan fingerprint density at radius 3 is 2.46 bits per heavy atom. The van der Waals surface area contributed by atoms with Gasteiger partial charge in [0.2, 0.25) is 0 Å². The van der Waals surface area contributed by atoms with E-state index < -0.39 is 0 Å². The van der Waals surface area contributed by atoms with E-state index >= 15 is 0 Å². The van der Waals surface area contributed by atoms with Crippen LogP contribution >= 0.6 is 0 Å². The van der Waals surface area contributed by atoms with Gasteiger partial charge in [-0.05, 0) is 61.5 Å². The van der Waals surface area contributed by atoms with Crippen molar-refractivity contribution in [2.24, 2.45) is 0 Å². The molecule has 0 amide bonds.